The van der Waals surface area contributed by atoms with E-state index in [9.17, 15) is 4.79 Å². The molecular formula is C14H20O3. The summed E-state index contributed by atoms with van der Waals surface area (Å²) in [5, 5.41) is 0. The standard InChI is InChI=1S/C14H20O3/c1-6-17-12-9-10(14(2,3)4)7-8-11(12)13(15)16-5/h7-9H,6H2,1-5H3. The molecule has 0 saturated heterocycles. The summed E-state index contributed by atoms with van der Waals surface area (Å²) in [6.45, 7) is 8.78. The van der Waals surface area contributed by atoms with Crippen LogP contribution in [0.2, 0.25) is 0 Å². The lowest BCUT2D eigenvalue weighted by molar-refractivity contribution is 0.0596. The number of methoxy groups -OCH3 is 1. The van der Waals surface area contributed by atoms with E-state index >= 15 is 0 Å². The van der Waals surface area contributed by atoms with Gasteiger partial charge in [-0.25, -0.2) is 4.79 Å². The first-order valence-corrected chi connectivity index (χ1v) is 5.75. The van der Waals surface area contributed by atoms with Gasteiger partial charge in [-0.15, -0.1) is 0 Å². The van der Waals surface area contributed by atoms with Crippen LogP contribution in [-0.2, 0) is 10.2 Å². The van der Waals surface area contributed by atoms with Crippen molar-refractivity contribution in [3.63, 3.8) is 0 Å². The molecule has 0 amide bonds. The van der Waals surface area contributed by atoms with Crippen molar-refractivity contribution in [3.8, 4) is 5.75 Å². The number of hydrogen-bond donors (Lipinski definition) is 0. The molecule has 3 nitrogen and oxygen atoms in total. The van der Waals surface area contributed by atoms with Crippen molar-refractivity contribution in [2.24, 2.45) is 0 Å². The normalized spacial score (nSPS) is 11.1. The van der Waals surface area contributed by atoms with Crippen LogP contribution in [-0.4, -0.2) is 19.7 Å². The molecule has 0 aromatic heterocycles. The highest BCUT2D eigenvalue weighted by Gasteiger charge is 2.19. The largest absolute Gasteiger partial charge is 0.493 e. The Balaban J connectivity index is 3.21. The molecule has 94 valence electrons. The Morgan fingerprint density at radius 3 is 2.41 bits per heavy atom. The summed E-state index contributed by atoms with van der Waals surface area (Å²) < 4.78 is 10.2. The second-order valence-electron chi connectivity index (χ2n) is 4.89. The summed E-state index contributed by atoms with van der Waals surface area (Å²) in [5.74, 6) is 0.223. The van der Waals surface area contributed by atoms with Crippen molar-refractivity contribution in [1.29, 1.82) is 0 Å². The third-order valence-electron chi connectivity index (χ3n) is 2.55. The Bertz CT molecular complexity index is 402. The Kier molecular flexibility index (Phi) is 4.16. The molecule has 1 rings (SSSR count). The molecule has 0 spiro atoms. The van der Waals surface area contributed by atoms with Gasteiger partial charge < -0.3 is 9.47 Å². The highest BCUT2D eigenvalue weighted by molar-refractivity contribution is 5.92. The van der Waals surface area contributed by atoms with Crippen LogP contribution in [0.3, 0.4) is 0 Å². The van der Waals surface area contributed by atoms with Crippen LogP contribution < -0.4 is 4.74 Å². The van der Waals surface area contributed by atoms with E-state index in [1.54, 1.807) is 6.07 Å². The van der Waals surface area contributed by atoms with E-state index in [0.29, 0.717) is 17.9 Å². The van der Waals surface area contributed by atoms with Crippen molar-refractivity contribution >= 4 is 5.97 Å². The van der Waals surface area contributed by atoms with Crippen LogP contribution in [0.5, 0.6) is 5.75 Å². The monoisotopic (exact) mass is 236 g/mol. The molecule has 0 radical (unpaired) electrons. The molecule has 0 unspecified atom stereocenters. The molecule has 1 aromatic carbocycles. The van der Waals surface area contributed by atoms with Gasteiger partial charge in [0.05, 0.1) is 13.7 Å². The van der Waals surface area contributed by atoms with Crippen LogP contribution >= 0.6 is 0 Å². The molecule has 3 heteroatoms. The average Bonchev–Trinajstić information content (AvgIpc) is 2.27. The molecule has 0 aliphatic heterocycles. The average molecular weight is 236 g/mol. The SMILES string of the molecule is CCOc1cc(C(C)(C)C)ccc1C(=O)OC. The lowest BCUT2D eigenvalue weighted by Gasteiger charge is -2.20. The molecule has 0 aliphatic carbocycles. The highest BCUT2D eigenvalue weighted by Crippen LogP contribution is 2.29. The van der Waals surface area contributed by atoms with Crippen molar-refractivity contribution in [2.75, 3.05) is 13.7 Å². The van der Waals surface area contributed by atoms with Gasteiger partial charge >= 0.3 is 5.97 Å². The minimum Gasteiger partial charge on any atom is -0.493 e. The van der Waals surface area contributed by atoms with Gasteiger partial charge in [0.2, 0.25) is 0 Å². The van der Waals surface area contributed by atoms with E-state index in [1.807, 2.05) is 19.1 Å². The fourth-order valence-corrected chi connectivity index (χ4v) is 1.54. The summed E-state index contributed by atoms with van der Waals surface area (Å²) in [6.07, 6.45) is 0. The highest BCUT2D eigenvalue weighted by atomic mass is 16.5. The number of carbonyl (C=O) groups is 1. The number of hydrogen-bond acceptors (Lipinski definition) is 3. The lowest BCUT2D eigenvalue weighted by atomic mass is 9.86. The van der Waals surface area contributed by atoms with Gasteiger partial charge in [0.15, 0.2) is 0 Å². The Hall–Kier alpha value is -1.51. The predicted molar refractivity (Wildman–Crippen MR) is 67.7 cm³/mol. The van der Waals surface area contributed by atoms with Crippen LogP contribution in [0, 0.1) is 0 Å². The first-order valence-electron chi connectivity index (χ1n) is 5.75. The fraction of sp³-hybridized carbons (Fsp3) is 0.500. The third-order valence-corrected chi connectivity index (χ3v) is 2.55. The van der Waals surface area contributed by atoms with Gasteiger partial charge in [-0.2, -0.15) is 0 Å². The van der Waals surface area contributed by atoms with Crippen LogP contribution in [0.15, 0.2) is 18.2 Å². The van der Waals surface area contributed by atoms with Crippen molar-refractivity contribution in [2.45, 2.75) is 33.1 Å². The van der Waals surface area contributed by atoms with Gasteiger partial charge in [0, 0.05) is 0 Å². The lowest BCUT2D eigenvalue weighted by Crippen LogP contribution is -2.13. The molecule has 0 aliphatic rings. The van der Waals surface area contributed by atoms with Gasteiger partial charge in [0.1, 0.15) is 11.3 Å². The number of carbonyl (C=O) groups excluding carboxylic acids is 1. The molecule has 0 fully saturated rings. The summed E-state index contributed by atoms with van der Waals surface area (Å²) in [7, 11) is 1.37. The first-order chi connectivity index (χ1) is 7.90. The van der Waals surface area contributed by atoms with Gasteiger partial charge in [-0.05, 0) is 30.0 Å². The van der Waals surface area contributed by atoms with E-state index in [1.165, 1.54) is 7.11 Å². The zero-order valence-corrected chi connectivity index (χ0v) is 11.2. The van der Waals surface area contributed by atoms with Crippen molar-refractivity contribution < 1.29 is 14.3 Å². The topological polar surface area (TPSA) is 35.5 Å². The van der Waals surface area contributed by atoms with Gasteiger partial charge in [-0.3, -0.25) is 0 Å². The molecular weight excluding hydrogens is 216 g/mol. The molecule has 1 aromatic rings. The minimum atomic E-state index is -0.367. The zero-order chi connectivity index (χ0) is 13.1. The van der Waals surface area contributed by atoms with E-state index in [4.69, 9.17) is 9.47 Å². The van der Waals surface area contributed by atoms with E-state index in [0.717, 1.165) is 5.56 Å². The maximum atomic E-state index is 11.6. The summed E-state index contributed by atoms with van der Waals surface area (Å²) >= 11 is 0. The van der Waals surface area contributed by atoms with Crippen LogP contribution in [0.25, 0.3) is 0 Å². The molecule has 0 N–H and O–H groups in total. The number of benzene rings is 1. The summed E-state index contributed by atoms with van der Waals surface area (Å²) in [6, 6.07) is 5.61. The van der Waals surface area contributed by atoms with Gasteiger partial charge in [0.25, 0.3) is 0 Å². The van der Waals surface area contributed by atoms with Crippen LogP contribution in [0.4, 0.5) is 0 Å². The first kappa shape index (κ1) is 13.6. The molecule has 0 atom stereocenters. The molecule has 17 heavy (non-hydrogen) atoms. The maximum absolute atomic E-state index is 11.6. The quantitative estimate of drug-likeness (QED) is 0.756. The van der Waals surface area contributed by atoms with Crippen LogP contribution in [0.1, 0.15) is 43.6 Å². The smallest absolute Gasteiger partial charge is 0.341 e. The van der Waals surface area contributed by atoms with Gasteiger partial charge in [-0.1, -0.05) is 26.8 Å². The third kappa shape index (κ3) is 3.22. The summed E-state index contributed by atoms with van der Waals surface area (Å²) in [5.41, 5.74) is 1.64. The molecule has 0 heterocycles. The number of rotatable bonds is 3. The molecule has 0 saturated carbocycles. The Morgan fingerprint density at radius 2 is 1.94 bits per heavy atom. The van der Waals surface area contributed by atoms with E-state index < -0.39 is 0 Å². The number of ether oxygens (including phenoxy) is 2. The van der Waals surface area contributed by atoms with E-state index in [-0.39, 0.29) is 11.4 Å². The minimum absolute atomic E-state index is 0.0283. The zero-order valence-electron chi connectivity index (χ0n) is 11.2. The Morgan fingerprint density at radius 1 is 1.29 bits per heavy atom. The fourth-order valence-electron chi connectivity index (χ4n) is 1.54. The van der Waals surface area contributed by atoms with Crippen molar-refractivity contribution in [1.82, 2.24) is 0 Å². The second kappa shape index (κ2) is 5.21. The predicted octanol–water partition coefficient (Wildman–Crippen LogP) is 3.17. The maximum Gasteiger partial charge on any atom is 0.341 e. The molecule has 0 bridgehead atoms. The van der Waals surface area contributed by atoms with E-state index in [2.05, 4.69) is 20.8 Å². The van der Waals surface area contributed by atoms with Crippen molar-refractivity contribution in [3.05, 3.63) is 29.3 Å². The Labute approximate surface area is 103 Å². The number of esters is 1. The summed E-state index contributed by atoms with van der Waals surface area (Å²) in [4.78, 5) is 11.6. The second-order valence-corrected chi connectivity index (χ2v) is 4.89.